The van der Waals surface area contributed by atoms with Gasteiger partial charge >= 0.3 is 6.16 Å². The van der Waals surface area contributed by atoms with E-state index in [1.807, 2.05) is 12.1 Å². The lowest BCUT2D eigenvalue weighted by atomic mass is 10.2. The Morgan fingerprint density at radius 2 is 2.06 bits per heavy atom. The molecule has 1 aromatic rings. The molecule has 0 spiro atoms. The van der Waals surface area contributed by atoms with Gasteiger partial charge in [0.1, 0.15) is 12.2 Å². The number of anilines is 1. The van der Waals surface area contributed by atoms with Crippen LogP contribution < -0.4 is 5.73 Å². The van der Waals surface area contributed by atoms with E-state index in [4.69, 9.17) is 15.2 Å². The van der Waals surface area contributed by atoms with Crippen LogP contribution in [0, 0.1) is 0 Å². The van der Waals surface area contributed by atoms with Crippen LogP contribution in [0.15, 0.2) is 24.3 Å². The number of benzene rings is 1. The lowest BCUT2D eigenvalue weighted by Gasteiger charge is -2.18. The highest BCUT2D eigenvalue weighted by molar-refractivity contribution is 5.60. The number of hydrogen-bond donors (Lipinski definition) is 1. The molecule has 0 aromatic heterocycles. The minimum Gasteiger partial charge on any atom is -0.429 e. The molecule has 0 aliphatic rings. The lowest BCUT2D eigenvalue weighted by molar-refractivity contribution is -0.0108. The molecule has 1 aromatic carbocycles. The molecule has 0 saturated heterocycles. The van der Waals surface area contributed by atoms with E-state index in [-0.39, 0.29) is 6.61 Å². The molecule has 4 heteroatoms. The molecule has 0 heterocycles. The number of hydrogen-bond acceptors (Lipinski definition) is 4. The van der Waals surface area contributed by atoms with E-state index >= 15 is 0 Å². The SMILES string of the molecule is CC(C)(C)OC(=O)OCc1cccc(N)c1. The minimum absolute atomic E-state index is 0.167. The number of carbonyl (C=O) groups excluding carboxylic acids is 1. The third kappa shape index (κ3) is 4.68. The van der Waals surface area contributed by atoms with E-state index < -0.39 is 11.8 Å². The van der Waals surface area contributed by atoms with Gasteiger partial charge in [0.15, 0.2) is 0 Å². The van der Waals surface area contributed by atoms with Crippen LogP contribution in [0.5, 0.6) is 0 Å². The maximum Gasteiger partial charge on any atom is 0.509 e. The quantitative estimate of drug-likeness (QED) is 0.618. The number of carbonyl (C=O) groups is 1. The molecule has 0 amide bonds. The van der Waals surface area contributed by atoms with Crippen molar-refractivity contribution in [2.45, 2.75) is 33.0 Å². The Kier molecular flexibility index (Phi) is 3.77. The zero-order chi connectivity index (χ0) is 12.2. The third-order valence-corrected chi connectivity index (χ3v) is 1.70. The second-order valence-corrected chi connectivity index (χ2v) is 4.50. The van der Waals surface area contributed by atoms with Gasteiger partial charge in [0.25, 0.3) is 0 Å². The van der Waals surface area contributed by atoms with E-state index in [9.17, 15) is 4.79 Å². The van der Waals surface area contributed by atoms with Gasteiger partial charge in [-0.1, -0.05) is 12.1 Å². The van der Waals surface area contributed by atoms with Crippen LogP contribution in [0.3, 0.4) is 0 Å². The normalized spacial score (nSPS) is 10.9. The van der Waals surface area contributed by atoms with Gasteiger partial charge in [-0.15, -0.1) is 0 Å². The van der Waals surface area contributed by atoms with Crippen molar-refractivity contribution in [3.63, 3.8) is 0 Å². The summed E-state index contributed by atoms with van der Waals surface area (Å²) in [6, 6.07) is 7.17. The molecular formula is C12H17NO3. The summed E-state index contributed by atoms with van der Waals surface area (Å²) in [4.78, 5) is 11.2. The van der Waals surface area contributed by atoms with Crippen LogP contribution in [-0.4, -0.2) is 11.8 Å². The van der Waals surface area contributed by atoms with Gasteiger partial charge in [-0.25, -0.2) is 4.79 Å². The Hall–Kier alpha value is -1.71. The Morgan fingerprint density at radius 3 is 2.62 bits per heavy atom. The number of ether oxygens (including phenoxy) is 2. The highest BCUT2D eigenvalue weighted by Gasteiger charge is 2.17. The van der Waals surface area contributed by atoms with Crippen molar-refractivity contribution in [3.8, 4) is 0 Å². The summed E-state index contributed by atoms with van der Waals surface area (Å²) in [6.07, 6.45) is -0.671. The Balaban J connectivity index is 2.43. The van der Waals surface area contributed by atoms with Crippen LogP contribution in [0.2, 0.25) is 0 Å². The monoisotopic (exact) mass is 223 g/mol. The smallest absolute Gasteiger partial charge is 0.429 e. The van der Waals surface area contributed by atoms with Gasteiger partial charge in [-0.2, -0.15) is 0 Å². The average Bonchev–Trinajstić information content (AvgIpc) is 2.12. The van der Waals surface area contributed by atoms with Gasteiger partial charge in [0, 0.05) is 5.69 Å². The van der Waals surface area contributed by atoms with Crippen molar-refractivity contribution in [1.82, 2.24) is 0 Å². The van der Waals surface area contributed by atoms with Crippen molar-refractivity contribution < 1.29 is 14.3 Å². The summed E-state index contributed by atoms with van der Waals surface area (Å²) in [5.74, 6) is 0. The first-order valence-corrected chi connectivity index (χ1v) is 5.07. The molecule has 88 valence electrons. The summed E-state index contributed by atoms with van der Waals surface area (Å²) in [5, 5.41) is 0. The van der Waals surface area contributed by atoms with Gasteiger partial charge < -0.3 is 15.2 Å². The van der Waals surface area contributed by atoms with Gasteiger partial charge in [-0.3, -0.25) is 0 Å². The molecule has 2 N–H and O–H groups in total. The topological polar surface area (TPSA) is 61.5 Å². The predicted octanol–water partition coefficient (Wildman–Crippen LogP) is 2.72. The molecule has 1 rings (SSSR count). The van der Waals surface area contributed by atoms with Crippen LogP contribution in [0.25, 0.3) is 0 Å². The zero-order valence-corrected chi connectivity index (χ0v) is 9.82. The van der Waals surface area contributed by atoms with Gasteiger partial charge in [-0.05, 0) is 38.5 Å². The summed E-state index contributed by atoms with van der Waals surface area (Å²) >= 11 is 0. The minimum atomic E-state index is -0.671. The Labute approximate surface area is 95.3 Å². The van der Waals surface area contributed by atoms with Crippen LogP contribution >= 0.6 is 0 Å². The first-order chi connectivity index (χ1) is 7.37. The molecule has 0 atom stereocenters. The van der Waals surface area contributed by atoms with E-state index in [0.29, 0.717) is 5.69 Å². The van der Waals surface area contributed by atoms with Crippen molar-refractivity contribution in [3.05, 3.63) is 29.8 Å². The van der Waals surface area contributed by atoms with E-state index in [1.165, 1.54) is 0 Å². The summed E-state index contributed by atoms with van der Waals surface area (Å²) in [7, 11) is 0. The number of nitrogen functional groups attached to an aromatic ring is 1. The van der Waals surface area contributed by atoms with E-state index in [1.54, 1.807) is 32.9 Å². The van der Waals surface area contributed by atoms with Gasteiger partial charge in [0.05, 0.1) is 0 Å². The van der Waals surface area contributed by atoms with Crippen molar-refractivity contribution in [2.24, 2.45) is 0 Å². The van der Waals surface area contributed by atoms with Crippen LogP contribution in [-0.2, 0) is 16.1 Å². The molecule has 0 aliphatic carbocycles. The highest BCUT2D eigenvalue weighted by atomic mass is 16.7. The van der Waals surface area contributed by atoms with Gasteiger partial charge in [0.2, 0.25) is 0 Å². The maximum absolute atomic E-state index is 11.2. The Morgan fingerprint density at radius 1 is 1.38 bits per heavy atom. The van der Waals surface area contributed by atoms with E-state index in [2.05, 4.69) is 0 Å². The van der Waals surface area contributed by atoms with Crippen LogP contribution in [0.1, 0.15) is 26.3 Å². The number of nitrogens with two attached hydrogens (primary N) is 1. The first-order valence-electron chi connectivity index (χ1n) is 5.07. The van der Waals surface area contributed by atoms with E-state index in [0.717, 1.165) is 5.56 Å². The third-order valence-electron chi connectivity index (χ3n) is 1.70. The standard InChI is InChI=1S/C12H17NO3/c1-12(2,3)16-11(14)15-8-9-5-4-6-10(13)7-9/h4-7H,8,13H2,1-3H3. The molecule has 0 aliphatic heterocycles. The molecule has 16 heavy (non-hydrogen) atoms. The van der Waals surface area contributed by atoms with Crippen LogP contribution in [0.4, 0.5) is 10.5 Å². The molecular weight excluding hydrogens is 206 g/mol. The second-order valence-electron chi connectivity index (χ2n) is 4.50. The molecule has 0 radical (unpaired) electrons. The lowest BCUT2D eigenvalue weighted by Crippen LogP contribution is -2.24. The molecule has 0 unspecified atom stereocenters. The maximum atomic E-state index is 11.2. The molecule has 0 saturated carbocycles. The van der Waals surface area contributed by atoms with Crippen molar-refractivity contribution in [1.29, 1.82) is 0 Å². The summed E-state index contributed by atoms with van der Waals surface area (Å²) in [5.41, 5.74) is 6.54. The fourth-order valence-electron chi connectivity index (χ4n) is 1.10. The van der Waals surface area contributed by atoms with Crippen molar-refractivity contribution >= 4 is 11.8 Å². The fourth-order valence-corrected chi connectivity index (χ4v) is 1.10. The fraction of sp³-hybridized carbons (Fsp3) is 0.417. The summed E-state index contributed by atoms with van der Waals surface area (Å²) < 4.78 is 9.94. The molecule has 0 fully saturated rings. The second kappa shape index (κ2) is 4.88. The van der Waals surface area contributed by atoms with Crippen molar-refractivity contribution in [2.75, 3.05) is 5.73 Å². The number of rotatable bonds is 2. The average molecular weight is 223 g/mol. The molecule has 4 nitrogen and oxygen atoms in total. The zero-order valence-electron chi connectivity index (χ0n) is 9.82. The Bertz CT molecular complexity index is 369. The molecule has 0 bridgehead atoms. The summed E-state index contributed by atoms with van der Waals surface area (Å²) in [6.45, 7) is 5.53. The largest absolute Gasteiger partial charge is 0.509 e. The predicted molar refractivity (Wildman–Crippen MR) is 61.9 cm³/mol. The highest BCUT2D eigenvalue weighted by Crippen LogP contribution is 2.11. The first kappa shape index (κ1) is 12.4.